The van der Waals surface area contributed by atoms with Crippen LogP contribution in [0.25, 0.3) is 0 Å². The first kappa shape index (κ1) is 13.1. The van der Waals surface area contributed by atoms with Gasteiger partial charge in [-0.3, -0.25) is 9.69 Å². The molecule has 0 unspecified atom stereocenters. The highest BCUT2D eigenvalue weighted by atomic mass is 35.5. The maximum atomic E-state index is 11.8. The van der Waals surface area contributed by atoms with E-state index in [0.717, 1.165) is 16.9 Å². The van der Waals surface area contributed by atoms with Gasteiger partial charge in [-0.1, -0.05) is 12.1 Å². The molecule has 3 nitrogen and oxygen atoms in total. The Morgan fingerprint density at radius 2 is 2.28 bits per heavy atom. The second-order valence-electron chi connectivity index (χ2n) is 3.95. The Labute approximate surface area is 115 Å². The standard InChI is InChI=1S/C13H13ClN2OS/c1-9-4-3-5-12(6-9)16(10(2)17)13-15-11(7-14)8-18-13/h3-6,8H,7H2,1-2H3. The van der Waals surface area contributed by atoms with Crippen molar-refractivity contribution in [3.8, 4) is 0 Å². The molecule has 1 amide bonds. The molecule has 0 fully saturated rings. The number of rotatable bonds is 3. The molecule has 94 valence electrons. The number of aromatic nitrogens is 1. The normalized spacial score (nSPS) is 10.4. The Balaban J connectivity index is 2.43. The van der Waals surface area contributed by atoms with Crippen molar-refractivity contribution in [2.45, 2.75) is 19.7 Å². The molecular weight excluding hydrogens is 268 g/mol. The summed E-state index contributed by atoms with van der Waals surface area (Å²) in [5.41, 5.74) is 2.72. The minimum absolute atomic E-state index is 0.0592. The minimum atomic E-state index is -0.0592. The van der Waals surface area contributed by atoms with Gasteiger partial charge < -0.3 is 0 Å². The Morgan fingerprint density at radius 3 is 2.83 bits per heavy atom. The van der Waals surface area contributed by atoms with Crippen LogP contribution >= 0.6 is 22.9 Å². The van der Waals surface area contributed by atoms with E-state index in [9.17, 15) is 4.79 Å². The lowest BCUT2D eigenvalue weighted by molar-refractivity contribution is -0.115. The first-order chi connectivity index (χ1) is 8.61. The monoisotopic (exact) mass is 280 g/mol. The molecule has 0 atom stereocenters. The molecule has 0 N–H and O–H groups in total. The molecule has 0 saturated carbocycles. The summed E-state index contributed by atoms with van der Waals surface area (Å²) in [6.07, 6.45) is 0. The van der Waals surface area contributed by atoms with Crippen LogP contribution < -0.4 is 4.90 Å². The smallest absolute Gasteiger partial charge is 0.230 e. The van der Waals surface area contributed by atoms with Gasteiger partial charge in [-0.25, -0.2) is 4.98 Å². The second kappa shape index (κ2) is 5.50. The number of hydrogen-bond donors (Lipinski definition) is 0. The first-order valence-electron chi connectivity index (χ1n) is 5.49. The van der Waals surface area contributed by atoms with E-state index < -0.39 is 0 Å². The van der Waals surface area contributed by atoms with Gasteiger partial charge >= 0.3 is 0 Å². The predicted molar refractivity (Wildman–Crippen MR) is 75.7 cm³/mol. The van der Waals surface area contributed by atoms with Crippen LogP contribution in [0.1, 0.15) is 18.2 Å². The highest BCUT2D eigenvalue weighted by Crippen LogP contribution is 2.29. The molecule has 1 heterocycles. The molecule has 0 bridgehead atoms. The topological polar surface area (TPSA) is 33.2 Å². The van der Waals surface area contributed by atoms with E-state index in [-0.39, 0.29) is 5.91 Å². The summed E-state index contributed by atoms with van der Waals surface area (Å²) in [6, 6.07) is 7.78. The van der Waals surface area contributed by atoms with Crippen molar-refractivity contribution in [3.05, 3.63) is 40.9 Å². The third-order valence-corrected chi connectivity index (χ3v) is 3.59. The minimum Gasteiger partial charge on any atom is -0.274 e. The SMILES string of the molecule is CC(=O)N(c1cccc(C)c1)c1nc(CCl)cs1. The number of carbonyl (C=O) groups excluding carboxylic acids is 1. The number of anilines is 2. The van der Waals surface area contributed by atoms with Crippen LogP contribution in [0, 0.1) is 6.92 Å². The zero-order valence-electron chi connectivity index (χ0n) is 10.2. The van der Waals surface area contributed by atoms with Crippen molar-refractivity contribution in [3.63, 3.8) is 0 Å². The lowest BCUT2D eigenvalue weighted by Gasteiger charge is -2.18. The molecule has 5 heteroatoms. The summed E-state index contributed by atoms with van der Waals surface area (Å²) in [6.45, 7) is 3.53. The fraction of sp³-hybridized carbons (Fsp3) is 0.231. The molecule has 0 aliphatic carbocycles. The molecular formula is C13H13ClN2OS. The summed E-state index contributed by atoms with van der Waals surface area (Å²) in [5.74, 6) is 0.298. The van der Waals surface area contributed by atoms with Crippen molar-refractivity contribution >= 4 is 39.7 Å². The van der Waals surface area contributed by atoms with Gasteiger partial charge in [0.25, 0.3) is 0 Å². The largest absolute Gasteiger partial charge is 0.274 e. The molecule has 18 heavy (non-hydrogen) atoms. The number of hydrogen-bond acceptors (Lipinski definition) is 3. The lowest BCUT2D eigenvalue weighted by atomic mass is 10.2. The molecule has 1 aromatic carbocycles. The van der Waals surface area contributed by atoms with Crippen molar-refractivity contribution < 1.29 is 4.79 Å². The van der Waals surface area contributed by atoms with E-state index >= 15 is 0 Å². The van der Waals surface area contributed by atoms with Crippen LogP contribution in [0.5, 0.6) is 0 Å². The van der Waals surface area contributed by atoms with Crippen molar-refractivity contribution in [1.82, 2.24) is 4.98 Å². The molecule has 0 aliphatic heterocycles. The van der Waals surface area contributed by atoms with Crippen molar-refractivity contribution in [2.24, 2.45) is 0 Å². The number of thiazole rings is 1. The van der Waals surface area contributed by atoms with Gasteiger partial charge in [-0.05, 0) is 24.6 Å². The van der Waals surface area contributed by atoms with Crippen LogP contribution in [0.2, 0.25) is 0 Å². The Bertz CT molecular complexity index is 568. The number of aryl methyl sites for hydroxylation is 1. The maximum Gasteiger partial charge on any atom is 0.230 e. The highest BCUT2D eigenvalue weighted by Gasteiger charge is 2.17. The molecule has 0 saturated heterocycles. The molecule has 2 aromatic rings. The van der Waals surface area contributed by atoms with Gasteiger partial charge in [0.15, 0.2) is 5.13 Å². The van der Waals surface area contributed by atoms with Crippen molar-refractivity contribution in [2.75, 3.05) is 4.90 Å². The summed E-state index contributed by atoms with van der Waals surface area (Å²) >= 11 is 7.16. The maximum absolute atomic E-state index is 11.8. The number of carbonyl (C=O) groups is 1. The molecule has 0 spiro atoms. The fourth-order valence-corrected chi connectivity index (χ4v) is 2.77. The summed E-state index contributed by atoms with van der Waals surface area (Å²) < 4.78 is 0. The molecule has 0 radical (unpaired) electrons. The van der Waals surface area contributed by atoms with Crippen LogP contribution in [0.4, 0.5) is 10.8 Å². The number of amides is 1. The predicted octanol–water partition coefficient (Wildman–Crippen LogP) is 3.87. The van der Waals surface area contributed by atoms with E-state index in [1.165, 1.54) is 18.3 Å². The van der Waals surface area contributed by atoms with E-state index in [1.54, 1.807) is 4.90 Å². The van der Waals surface area contributed by atoms with Gasteiger partial charge in [0.05, 0.1) is 17.3 Å². The van der Waals surface area contributed by atoms with E-state index in [2.05, 4.69) is 4.98 Å². The van der Waals surface area contributed by atoms with E-state index in [0.29, 0.717) is 11.0 Å². The Morgan fingerprint density at radius 1 is 1.50 bits per heavy atom. The zero-order chi connectivity index (χ0) is 13.1. The summed E-state index contributed by atoms with van der Waals surface area (Å²) in [7, 11) is 0. The summed E-state index contributed by atoms with van der Waals surface area (Å²) in [4.78, 5) is 17.8. The number of benzene rings is 1. The summed E-state index contributed by atoms with van der Waals surface area (Å²) in [5, 5.41) is 2.53. The Kier molecular flexibility index (Phi) is 3.99. The van der Waals surface area contributed by atoms with E-state index in [4.69, 9.17) is 11.6 Å². The van der Waals surface area contributed by atoms with Crippen LogP contribution in [0.3, 0.4) is 0 Å². The number of halogens is 1. The number of nitrogens with zero attached hydrogens (tertiary/aromatic N) is 2. The third-order valence-electron chi connectivity index (χ3n) is 2.44. The average Bonchev–Trinajstić information content (AvgIpc) is 2.77. The van der Waals surface area contributed by atoms with Crippen LogP contribution in [0.15, 0.2) is 29.6 Å². The first-order valence-corrected chi connectivity index (χ1v) is 6.91. The average molecular weight is 281 g/mol. The zero-order valence-corrected chi connectivity index (χ0v) is 11.8. The highest BCUT2D eigenvalue weighted by molar-refractivity contribution is 7.14. The van der Waals surface area contributed by atoms with Gasteiger partial charge in [-0.15, -0.1) is 22.9 Å². The second-order valence-corrected chi connectivity index (χ2v) is 5.05. The lowest BCUT2D eigenvalue weighted by Crippen LogP contribution is -2.22. The van der Waals surface area contributed by atoms with Gasteiger partial charge in [0, 0.05) is 12.3 Å². The van der Waals surface area contributed by atoms with Crippen LogP contribution in [-0.2, 0) is 10.7 Å². The number of alkyl halides is 1. The quantitative estimate of drug-likeness (QED) is 0.800. The van der Waals surface area contributed by atoms with E-state index in [1.807, 2.05) is 36.6 Å². The third kappa shape index (κ3) is 2.71. The van der Waals surface area contributed by atoms with Crippen molar-refractivity contribution in [1.29, 1.82) is 0 Å². The van der Waals surface area contributed by atoms with Gasteiger partial charge in [-0.2, -0.15) is 0 Å². The van der Waals surface area contributed by atoms with Gasteiger partial charge in [0.2, 0.25) is 5.91 Å². The fourth-order valence-electron chi connectivity index (χ4n) is 1.65. The molecule has 0 aliphatic rings. The van der Waals surface area contributed by atoms with Gasteiger partial charge in [0.1, 0.15) is 0 Å². The molecule has 2 rings (SSSR count). The van der Waals surface area contributed by atoms with Crippen LogP contribution in [-0.4, -0.2) is 10.9 Å². The Hall–Kier alpha value is -1.39. The molecule has 1 aromatic heterocycles.